The zero-order chi connectivity index (χ0) is 17.8. The highest BCUT2D eigenvalue weighted by Gasteiger charge is 2.55. The molecule has 1 amide bonds. The highest BCUT2D eigenvalue weighted by Crippen LogP contribution is 2.40. The Morgan fingerprint density at radius 3 is 2.88 bits per heavy atom. The van der Waals surface area contributed by atoms with Gasteiger partial charge in [-0.25, -0.2) is 13.1 Å². The van der Waals surface area contributed by atoms with Gasteiger partial charge in [0.2, 0.25) is 15.9 Å². The molecule has 2 fully saturated rings. The lowest BCUT2D eigenvalue weighted by atomic mass is 9.72. The second-order valence-electron chi connectivity index (χ2n) is 6.47. The molecule has 2 N–H and O–H groups in total. The summed E-state index contributed by atoms with van der Waals surface area (Å²) in [5.74, 6) is -0.146. The summed E-state index contributed by atoms with van der Waals surface area (Å²) < 4.78 is 34.2. The number of sulfonamides is 1. The Bertz CT molecular complexity index is 941. The van der Waals surface area contributed by atoms with E-state index in [1.165, 1.54) is 17.8 Å². The van der Waals surface area contributed by atoms with Gasteiger partial charge >= 0.3 is 0 Å². The topological polar surface area (TPSA) is 115 Å². The standard InChI is InChI=1S/C15H19N5O4S/c1-8(21)16-14-12(9-6-7-24-15(9)14)19-25(22,23)11-5-3-4-10-13(11)18-20(2)17-10/h3-5,9,12,14-15,19H,6-7H2,1-2H3,(H,16,21)/t9-,12+,14-,15-/m1/s1. The summed E-state index contributed by atoms with van der Waals surface area (Å²) in [7, 11) is -2.17. The normalized spacial score (nSPS) is 28.6. The van der Waals surface area contributed by atoms with E-state index in [0.29, 0.717) is 17.6 Å². The third kappa shape index (κ3) is 2.70. The van der Waals surface area contributed by atoms with Crippen LogP contribution in [0.3, 0.4) is 0 Å². The van der Waals surface area contributed by atoms with Crippen LogP contribution in [0.25, 0.3) is 11.0 Å². The summed E-state index contributed by atoms with van der Waals surface area (Å²) >= 11 is 0. The van der Waals surface area contributed by atoms with Crippen molar-refractivity contribution in [2.75, 3.05) is 6.61 Å². The highest BCUT2D eigenvalue weighted by molar-refractivity contribution is 7.89. The zero-order valence-corrected chi connectivity index (χ0v) is 14.7. The number of benzene rings is 1. The van der Waals surface area contributed by atoms with E-state index < -0.39 is 16.1 Å². The van der Waals surface area contributed by atoms with E-state index in [1.807, 2.05) is 0 Å². The molecule has 1 aromatic heterocycles. The van der Waals surface area contributed by atoms with Crippen molar-refractivity contribution >= 4 is 27.0 Å². The number of fused-ring (bicyclic) bond motifs is 2. The first kappa shape index (κ1) is 16.4. The second-order valence-corrected chi connectivity index (χ2v) is 8.16. The first-order chi connectivity index (χ1) is 11.9. The molecule has 1 saturated heterocycles. The Labute approximate surface area is 144 Å². The van der Waals surface area contributed by atoms with Crippen molar-refractivity contribution in [1.82, 2.24) is 25.0 Å². The van der Waals surface area contributed by atoms with Crippen LogP contribution < -0.4 is 10.0 Å². The second kappa shape index (κ2) is 5.75. The summed E-state index contributed by atoms with van der Waals surface area (Å²) in [6, 6.07) is 4.10. The average molecular weight is 365 g/mol. The molecule has 0 unspecified atom stereocenters. The van der Waals surface area contributed by atoms with Gasteiger partial charge in [0.05, 0.1) is 18.2 Å². The number of carbonyl (C=O) groups excluding carboxylic acids is 1. The van der Waals surface area contributed by atoms with E-state index in [2.05, 4.69) is 20.2 Å². The van der Waals surface area contributed by atoms with Crippen molar-refractivity contribution in [3.05, 3.63) is 18.2 Å². The predicted molar refractivity (Wildman–Crippen MR) is 88.1 cm³/mol. The van der Waals surface area contributed by atoms with Crippen LogP contribution in [0.15, 0.2) is 23.1 Å². The number of nitrogens with one attached hydrogen (secondary N) is 2. The van der Waals surface area contributed by atoms with Gasteiger partial charge in [0.25, 0.3) is 0 Å². The minimum absolute atomic E-state index is 0.0627. The smallest absolute Gasteiger partial charge is 0.243 e. The molecule has 2 aliphatic rings. The Balaban J connectivity index is 1.65. The van der Waals surface area contributed by atoms with Crippen LogP contribution in [0.2, 0.25) is 0 Å². The van der Waals surface area contributed by atoms with Crippen LogP contribution in [0.1, 0.15) is 13.3 Å². The highest BCUT2D eigenvalue weighted by atomic mass is 32.2. The minimum atomic E-state index is -3.81. The largest absolute Gasteiger partial charge is 0.376 e. The molecule has 1 aromatic carbocycles. The van der Waals surface area contributed by atoms with Crippen LogP contribution in [-0.2, 0) is 26.6 Å². The molecule has 1 aliphatic carbocycles. The fourth-order valence-electron chi connectivity index (χ4n) is 3.75. The van der Waals surface area contributed by atoms with E-state index in [-0.39, 0.29) is 28.9 Å². The maximum atomic E-state index is 12.9. The number of hydrogen-bond donors (Lipinski definition) is 2. The number of aromatic nitrogens is 3. The summed E-state index contributed by atoms with van der Waals surface area (Å²) in [6.07, 6.45) is 0.632. The molecule has 2 aromatic rings. The number of ether oxygens (including phenoxy) is 1. The fourth-order valence-corrected chi connectivity index (χ4v) is 5.21. The van der Waals surface area contributed by atoms with Crippen LogP contribution in [-0.4, -0.2) is 54.1 Å². The molecule has 25 heavy (non-hydrogen) atoms. The quantitative estimate of drug-likeness (QED) is 0.757. The Morgan fingerprint density at radius 1 is 1.32 bits per heavy atom. The fraction of sp³-hybridized carbons (Fsp3) is 0.533. The Kier molecular flexibility index (Phi) is 3.78. The summed E-state index contributed by atoms with van der Waals surface area (Å²) in [5.41, 5.74) is 0.839. The number of aryl methyl sites for hydroxylation is 1. The van der Waals surface area contributed by atoms with E-state index in [1.54, 1.807) is 19.2 Å². The molecule has 134 valence electrons. The number of rotatable bonds is 4. The van der Waals surface area contributed by atoms with E-state index in [0.717, 1.165) is 6.42 Å². The summed E-state index contributed by atoms with van der Waals surface area (Å²) in [4.78, 5) is 12.9. The third-order valence-corrected chi connectivity index (χ3v) is 6.30. The van der Waals surface area contributed by atoms with Crippen LogP contribution >= 0.6 is 0 Å². The molecule has 4 rings (SSSR count). The zero-order valence-electron chi connectivity index (χ0n) is 13.8. The Hall–Kier alpha value is -2.04. The lowest BCUT2D eigenvalue weighted by molar-refractivity contribution is -0.123. The molecular weight excluding hydrogens is 346 g/mol. The molecule has 10 heteroatoms. The number of nitrogens with zero attached hydrogens (tertiary/aromatic N) is 3. The van der Waals surface area contributed by atoms with Crippen molar-refractivity contribution in [2.24, 2.45) is 13.0 Å². The third-order valence-electron chi connectivity index (χ3n) is 4.81. The molecule has 9 nitrogen and oxygen atoms in total. The van der Waals surface area contributed by atoms with E-state index >= 15 is 0 Å². The molecular formula is C15H19N5O4S. The molecule has 0 bridgehead atoms. The Morgan fingerprint density at radius 2 is 2.12 bits per heavy atom. The van der Waals surface area contributed by atoms with Crippen LogP contribution in [0, 0.1) is 5.92 Å². The molecule has 0 radical (unpaired) electrons. The van der Waals surface area contributed by atoms with Gasteiger partial charge in [-0.1, -0.05) is 6.07 Å². The molecule has 1 aliphatic heterocycles. The van der Waals surface area contributed by atoms with Gasteiger partial charge in [0.15, 0.2) is 0 Å². The van der Waals surface area contributed by atoms with Crippen molar-refractivity contribution in [3.8, 4) is 0 Å². The van der Waals surface area contributed by atoms with Gasteiger partial charge in [-0.3, -0.25) is 4.79 Å². The summed E-state index contributed by atoms with van der Waals surface area (Å²) in [6.45, 7) is 1.98. The van der Waals surface area contributed by atoms with Gasteiger partial charge in [0.1, 0.15) is 15.9 Å². The lowest BCUT2D eigenvalue weighted by Gasteiger charge is -2.47. The molecule has 0 spiro atoms. The van der Waals surface area contributed by atoms with Crippen molar-refractivity contribution < 1.29 is 17.9 Å². The first-order valence-corrected chi connectivity index (χ1v) is 9.56. The number of hydrogen-bond acceptors (Lipinski definition) is 6. The first-order valence-electron chi connectivity index (χ1n) is 8.08. The van der Waals surface area contributed by atoms with Gasteiger partial charge < -0.3 is 10.1 Å². The monoisotopic (exact) mass is 365 g/mol. The maximum Gasteiger partial charge on any atom is 0.243 e. The minimum Gasteiger partial charge on any atom is -0.376 e. The predicted octanol–water partition coefficient (Wildman–Crippen LogP) is -0.461. The van der Waals surface area contributed by atoms with E-state index in [4.69, 9.17) is 4.74 Å². The van der Waals surface area contributed by atoms with Gasteiger partial charge in [-0.05, 0) is 18.6 Å². The van der Waals surface area contributed by atoms with Crippen molar-refractivity contribution in [1.29, 1.82) is 0 Å². The number of carbonyl (C=O) groups is 1. The summed E-state index contributed by atoms with van der Waals surface area (Å²) in [5, 5.41) is 11.1. The van der Waals surface area contributed by atoms with Crippen LogP contribution in [0.5, 0.6) is 0 Å². The van der Waals surface area contributed by atoms with Gasteiger partial charge in [-0.2, -0.15) is 15.0 Å². The SMILES string of the molecule is CC(=O)N[C@@H]1[C@@H](NS(=O)(=O)c2cccc3nn(C)nc23)[C@H]2CCO[C@H]21. The average Bonchev–Trinajstić information content (AvgIpc) is 3.12. The molecule has 1 saturated carbocycles. The number of amides is 1. The maximum absolute atomic E-state index is 12.9. The molecule has 2 heterocycles. The van der Waals surface area contributed by atoms with Gasteiger partial charge in [-0.15, -0.1) is 0 Å². The van der Waals surface area contributed by atoms with Crippen molar-refractivity contribution in [3.63, 3.8) is 0 Å². The molecule has 4 atom stereocenters. The van der Waals surface area contributed by atoms with E-state index in [9.17, 15) is 13.2 Å². The van der Waals surface area contributed by atoms with Crippen LogP contribution in [0.4, 0.5) is 0 Å². The lowest BCUT2D eigenvalue weighted by Crippen LogP contribution is -2.70. The van der Waals surface area contributed by atoms with Crippen molar-refractivity contribution in [2.45, 2.75) is 36.4 Å². The van der Waals surface area contributed by atoms with Gasteiger partial charge in [0, 0.05) is 26.5 Å².